The van der Waals surface area contributed by atoms with E-state index in [9.17, 15) is 0 Å². The SMILES string of the molecule is CCCCCCCCOc1cc(C)nc(C)c1C(N)=S. The van der Waals surface area contributed by atoms with E-state index in [4.69, 9.17) is 22.7 Å². The van der Waals surface area contributed by atoms with E-state index in [-0.39, 0.29) is 0 Å². The highest BCUT2D eigenvalue weighted by atomic mass is 32.1. The number of aryl methyl sites for hydroxylation is 2. The van der Waals surface area contributed by atoms with E-state index in [1.807, 2.05) is 19.9 Å². The minimum absolute atomic E-state index is 0.355. The summed E-state index contributed by atoms with van der Waals surface area (Å²) in [5.74, 6) is 0.774. The molecule has 0 bridgehead atoms. The molecular formula is C16H26N2OS. The Labute approximate surface area is 127 Å². The summed E-state index contributed by atoms with van der Waals surface area (Å²) in [6.07, 6.45) is 7.50. The lowest BCUT2D eigenvalue weighted by atomic mass is 10.1. The smallest absolute Gasteiger partial charge is 0.133 e. The molecule has 0 aliphatic heterocycles. The Kier molecular flexibility index (Phi) is 7.52. The molecule has 0 saturated carbocycles. The minimum Gasteiger partial charge on any atom is -0.493 e. The summed E-state index contributed by atoms with van der Waals surface area (Å²) in [6.45, 7) is 6.81. The monoisotopic (exact) mass is 294 g/mol. The van der Waals surface area contributed by atoms with Crippen molar-refractivity contribution in [2.45, 2.75) is 59.3 Å². The van der Waals surface area contributed by atoms with E-state index in [0.717, 1.165) is 29.1 Å². The lowest BCUT2D eigenvalue weighted by molar-refractivity contribution is 0.303. The molecule has 0 aromatic carbocycles. The second-order valence-electron chi connectivity index (χ2n) is 5.20. The van der Waals surface area contributed by atoms with Gasteiger partial charge in [-0.05, 0) is 20.3 Å². The van der Waals surface area contributed by atoms with Gasteiger partial charge in [0.2, 0.25) is 0 Å². The maximum absolute atomic E-state index is 5.86. The molecule has 3 nitrogen and oxygen atoms in total. The minimum atomic E-state index is 0.355. The number of unbranched alkanes of at least 4 members (excludes halogenated alkanes) is 5. The Bertz CT molecular complexity index is 446. The van der Waals surface area contributed by atoms with E-state index in [1.54, 1.807) is 0 Å². The maximum Gasteiger partial charge on any atom is 0.133 e. The van der Waals surface area contributed by atoms with Crippen LogP contribution >= 0.6 is 12.2 Å². The van der Waals surface area contributed by atoms with Crippen LogP contribution in [-0.2, 0) is 0 Å². The zero-order valence-electron chi connectivity index (χ0n) is 12.9. The van der Waals surface area contributed by atoms with Crippen LogP contribution in [0.1, 0.15) is 62.4 Å². The van der Waals surface area contributed by atoms with Gasteiger partial charge in [-0.2, -0.15) is 0 Å². The van der Waals surface area contributed by atoms with E-state index in [1.165, 1.54) is 32.1 Å². The van der Waals surface area contributed by atoms with Crippen LogP contribution < -0.4 is 10.5 Å². The van der Waals surface area contributed by atoms with Crippen molar-refractivity contribution in [3.63, 3.8) is 0 Å². The van der Waals surface area contributed by atoms with Crippen molar-refractivity contribution in [1.29, 1.82) is 0 Å². The Morgan fingerprint density at radius 3 is 2.50 bits per heavy atom. The highest BCUT2D eigenvalue weighted by Crippen LogP contribution is 2.22. The number of pyridine rings is 1. The number of rotatable bonds is 9. The van der Waals surface area contributed by atoms with Gasteiger partial charge in [-0.1, -0.05) is 51.2 Å². The van der Waals surface area contributed by atoms with Gasteiger partial charge in [-0.25, -0.2) is 0 Å². The molecule has 0 atom stereocenters. The molecule has 0 unspecified atom stereocenters. The standard InChI is InChI=1S/C16H26N2OS/c1-4-5-6-7-8-9-10-19-14-11-12(2)18-13(3)15(14)16(17)20/h11H,4-10H2,1-3H3,(H2,17,20). The quantitative estimate of drug-likeness (QED) is 0.551. The fourth-order valence-corrected chi connectivity index (χ4v) is 2.52. The van der Waals surface area contributed by atoms with Gasteiger partial charge in [-0.3, -0.25) is 4.98 Å². The fraction of sp³-hybridized carbons (Fsp3) is 0.625. The van der Waals surface area contributed by atoms with Crippen LogP contribution in [-0.4, -0.2) is 16.6 Å². The summed E-state index contributed by atoms with van der Waals surface area (Å²) in [7, 11) is 0. The second kappa shape index (κ2) is 8.90. The Balaban J connectivity index is 2.49. The molecule has 4 heteroatoms. The fourth-order valence-electron chi connectivity index (χ4n) is 2.27. The van der Waals surface area contributed by atoms with Crippen LogP contribution in [0, 0.1) is 13.8 Å². The molecule has 1 aromatic heterocycles. The molecule has 112 valence electrons. The summed E-state index contributed by atoms with van der Waals surface area (Å²) in [5, 5.41) is 0. The third-order valence-corrected chi connectivity index (χ3v) is 3.50. The molecule has 1 heterocycles. The Morgan fingerprint density at radius 2 is 1.85 bits per heavy atom. The third kappa shape index (κ3) is 5.45. The summed E-state index contributed by atoms with van der Waals surface area (Å²) < 4.78 is 5.86. The molecule has 0 aliphatic carbocycles. The predicted octanol–water partition coefficient (Wildman–Crippen LogP) is 4.07. The number of nitrogens with two attached hydrogens (primary N) is 1. The van der Waals surface area contributed by atoms with E-state index in [2.05, 4.69) is 11.9 Å². The van der Waals surface area contributed by atoms with E-state index in [0.29, 0.717) is 11.6 Å². The van der Waals surface area contributed by atoms with Gasteiger partial charge in [0, 0.05) is 11.8 Å². The number of hydrogen-bond acceptors (Lipinski definition) is 3. The Morgan fingerprint density at radius 1 is 1.20 bits per heavy atom. The van der Waals surface area contributed by atoms with Crippen LogP contribution in [0.25, 0.3) is 0 Å². The zero-order valence-corrected chi connectivity index (χ0v) is 13.7. The largest absolute Gasteiger partial charge is 0.493 e. The third-order valence-electron chi connectivity index (χ3n) is 3.29. The molecular weight excluding hydrogens is 268 g/mol. The summed E-state index contributed by atoms with van der Waals surface area (Å²) >= 11 is 5.09. The van der Waals surface area contributed by atoms with Crippen molar-refractivity contribution >= 4 is 17.2 Å². The lowest BCUT2D eigenvalue weighted by Crippen LogP contribution is -2.15. The number of hydrogen-bond donors (Lipinski definition) is 1. The van der Waals surface area contributed by atoms with Gasteiger partial charge < -0.3 is 10.5 Å². The summed E-state index contributed by atoms with van der Waals surface area (Å²) in [4.78, 5) is 4.74. The summed E-state index contributed by atoms with van der Waals surface area (Å²) in [6, 6.07) is 1.92. The number of nitrogens with zero attached hydrogens (tertiary/aromatic N) is 1. The maximum atomic E-state index is 5.86. The molecule has 1 rings (SSSR count). The molecule has 2 N–H and O–H groups in total. The highest BCUT2D eigenvalue weighted by molar-refractivity contribution is 7.80. The predicted molar refractivity (Wildman–Crippen MR) is 88.5 cm³/mol. The van der Waals surface area contributed by atoms with Crippen molar-refractivity contribution in [2.75, 3.05) is 6.61 Å². The lowest BCUT2D eigenvalue weighted by Gasteiger charge is -2.13. The van der Waals surface area contributed by atoms with Gasteiger partial charge in [0.25, 0.3) is 0 Å². The molecule has 0 saturated heterocycles. The molecule has 0 amide bonds. The first kappa shape index (κ1) is 16.9. The summed E-state index contributed by atoms with van der Waals surface area (Å²) in [5.41, 5.74) is 8.31. The molecule has 0 radical (unpaired) electrons. The normalized spacial score (nSPS) is 10.6. The molecule has 0 spiro atoms. The first-order valence-electron chi connectivity index (χ1n) is 7.47. The van der Waals surface area contributed by atoms with Crippen molar-refractivity contribution in [2.24, 2.45) is 5.73 Å². The van der Waals surface area contributed by atoms with Crippen LogP contribution in [0.2, 0.25) is 0 Å². The van der Waals surface area contributed by atoms with E-state index >= 15 is 0 Å². The van der Waals surface area contributed by atoms with E-state index < -0.39 is 0 Å². The average Bonchev–Trinajstić information content (AvgIpc) is 2.36. The van der Waals surface area contributed by atoms with Crippen LogP contribution in [0.3, 0.4) is 0 Å². The van der Waals surface area contributed by atoms with Crippen molar-refractivity contribution < 1.29 is 4.74 Å². The average molecular weight is 294 g/mol. The number of ether oxygens (including phenoxy) is 1. The highest BCUT2D eigenvalue weighted by Gasteiger charge is 2.12. The second-order valence-corrected chi connectivity index (χ2v) is 5.64. The van der Waals surface area contributed by atoms with Gasteiger partial charge in [0.15, 0.2) is 0 Å². The van der Waals surface area contributed by atoms with Crippen LogP contribution in [0.15, 0.2) is 6.07 Å². The first-order valence-corrected chi connectivity index (χ1v) is 7.88. The molecule has 1 aromatic rings. The van der Waals surface area contributed by atoms with Crippen LogP contribution in [0.5, 0.6) is 5.75 Å². The van der Waals surface area contributed by atoms with Crippen molar-refractivity contribution in [3.8, 4) is 5.75 Å². The molecule has 0 aliphatic rings. The topological polar surface area (TPSA) is 48.1 Å². The van der Waals surface area contributed by atoms with Gasteiger partial charge in [-0.15, -0.1) is 0 Å². The number of thiocarbonyl (C=S) groups is 1. The molecule has 0 fully saturated rings. The first-order chi connectivity index (χ1) is 9.56. The van der Waals surface area contributed by atoms with Crippen molar-refractivity contribution in [3.05, 3.63) is 23.0 Å². The Hall–Kier alpha value is -1.16. The zero-order chi connectivity index (χ0) is 15.0. The van der Waals surface area contributed by atoms with Gasteiger partial charge >= 0.3 is 0 Å². The van der Waals surface area contributed by atoms with Crippen molar-refractivity contribution in [1.82, 2.24) is 4.98 Å². The van der Waals surface area contributed by atoms with Gasteiger partial charge in [0.1, 0.15) is 10.7 Å². The van der Waals surface area contributed by atoms with Gasteiger partial charge in [0.05, 0.1) is 17.9 Å². The van der Waals surface area contributed by atoms with Crippen LogP contribution in [0.4, 0.5) is 0 Å². The number of aromatic nitrogens is 1. The molecule has 20 heavy (non-hydrogen) atoms.